The third-order valence-corrected chi connectivity index (χ3v) is 4.78. The lowest BCUT2D eigenvalue weighted by Crippen LogP contribution is -2.40. The molecule has 0 bridgehead atoms. The minimum Gasteiger partial charge on any atom is -0.326 e. The van der Waals surface area contributed by atoms with Crippen LogP contribution in [0.25, 0.3) is 0 Å². The number of carbonyl (C=O) groups is 1. The van der Waals surface area contributed by atoms with E-state index in [1.807, 2.05) is 6.92 Å². The summed E-state index contributed by atoms with van der Waals surface area (Å²) >= 11 is 0. The molecule has 2 aliphatic heterocycles. The molecule has 2 aliphatic rings. The molecule has 0 aromatic rings. The summed E-state index contributed by atoms with van der Waals surface area (Å²) in [5, 5.41) is 3.45. The molecule has 4 nitrogen and oxygen atoms in total. The van der Waals surface area contributed by atoms with E-state index >= 15 is 0 Å². The average molecular weight is 281 g/mol. The van der Waals surface area contributed by atoms with E-state index in [0.717, 1.165) is 18.9 Å². The standard InChI is InChI=1S/C16H31N3O/c1-12(2)11-15-17-13(3)16(20)19(15)10-7-14-5-8-18(4)9-6-14/h12-15,17H,5-11H2,1-4H3. The molecule has 0 aromatic heterocycles. The van der Waals surface area contributed by atoms with Crippen molar-refractivity contribution in [1.82, 2.24) is 15.1 Å². The molecule has 4 heteroatoms. The van der Waals surface area contributed by atoms with Crippen molar-refractivity contribution in [2.45, 2.75) is 58.7 Å². The number of piperidine rings is 1. The van der Waals surface area contributed by atoms with Crippen LogP contribution in [0.15, 0.2) is 0 Å². The van der Waals surface area contributed by atoms with Gasteiger partial charge in [0.15, 0.2) is 0 Å². The zero-order chi connectivity index (χ0) is 14.7. The van der Waals surface area contributed by atoms with Gasteiger partial charge in [-0.1, -0.05) is 13.8 Å². The summed E-state index contributed by atoms with van der Waals surface area (Å²) < 4.78 is 0. The van der Waals surface area contributed by atoms with Crippen LogP contribution in [0.1, 0.15) is 46.5 Å². The second-order valence-corrected chi connectivity index (χ2v) is 7.10. The van der Waals surface area contributed by atoms with Crippen molar-refractivity contribution >= 4 is 5.91 Å². The van der Waals surface area contributed by atoms with Crippen LogP contribution in [-0.4, -0.2) is 54.6 Å². The molecule has 0 spiro atoms. The highest BCUT2D eigenvalue weighted by molar-refractivity contribution is 5.83. The second-order valence-electron chi connectivity index (χ2n) is 7.10. The molecule has 116 valence electrons. The number of carbonyl (C=O) groups excluding carboxylic acids is 1. The fourth-order valence-electron chi connectivity index (χ4n) is 3.43. The Hall–Kier alpha value is -0.610. The molecule has 20 heavy (non-hydrogen) atoms. The molecule has 1 N–H and O–H groups in total. The topological polar surface area (TPSA) is 35.6 Å². The highest BCUT2D eigenvalue weighted by Crippen LogP contribution is 2.23. The molecule has 0 saturated carbocycles. The lowest BCUT2D eigenvalue weighted by molar-refractivity contribution is -0.130. The van der Waals surface area contributed by atoms with E-state index in [1.165, 1.54) is 32.4 Å². The van der Waals surface area contributed by atoms with Crippen LogP contribution < -0.4 is 5.32 Å². The van der Waals surface area contributed by atoms with Crippen LogP contribution in [0.4, 0.5) is 0 Å². The van der Waals surface area contributed by atoms with Gasteiger partial charge in [-0.25, -0.2) is 0 Å². The van der Waals surface area contributed by atoms with E-state index in [-0.39, 0.29) is 12.2 Å². The molecule has 2 atom stereocenters. The normalized spacial score (nSPS) is 29.6. The first kappa shape index (κ1) is 15.8. The quantitative estimate of drug-likeness (QED) is 0.836. The summed E-state index contributed by atoms with van der Waals surface area (Å²) in [6.07, 6.45) is 5.06. The molecule has 2 unspecified atom stereocenters. The zero-order valence-corrected chi connectivity index (χ0v) is 13.6. The lowest BCUT2D eigenvalue weighted by Gasteiger charge is -2.31. The number of nitrogens with one attached hydrogen (secondary N) is 1. The third kappa shape index (κ3) is 3.95. The fourth-order valence-corrected chi connectivity index (χ4v) is 3.43. The molecule has 0 radical (unpaired) electrons. The Morgan fingerprint density at radius 1 is 1.30 bits per heavy atom. The minimum absolute atomic E-state index is 0.00348. The van der Waals surface area contributed by atoms with Crippen LogP contribution in [0.3, 0.4) is 0 Å². The van der Waals surface area contributed by atoms with Crippen LogP contribution in [0.5, 0.6) is 0 Å². The van der Waals surface area contributed by atoms with Gasteiger partial charge in [-0.05, 0) is 64.6 Å². The van der Waals surface area contributed by atoms with Gasteiger partial charge in [-0.2, -0.15) is 0 Å². The zero-order valence-electron chi connectivity index (χ0n) is 13.6. The van der Waals surface area contributed by atoms with E-state index < -0.39 is 0 Å². The summed E-state index contributed by atoms with van der Waals surface area (Å²) in [6.45, 7) is 9.80. The molecular formula is C16H31N3O. The van der Waals surface area contributed by atoms with Crippen molar-refractivity contribution in [3.8, 4) is 0 Å². The molecule has 2 rings (SSSR count). The first-order valence-electron chi connectivity index (χ1n) is 8.22. The molecular weight excluding hydrogens is 250 g/mol. The smallest absolute Gasteiger partial charge is 0.240 e. The van der Waals surface area contributed by atoms with Crippen molar-refractivity contribution < 1.29 is 4.79 Å². The summed E-state index contributed by atoms with van der Waals surface area (Å²) in [5.74, 6) is 1.72. The maximum Gasteiger partial charge on any atom is 0.240 e. The number of hydrogen-bond donors (Lipinski definition) is 1. The number of amides is 1. The Morgan fingerprint density at radius 2 is 1.95 bits per heavy atom. The fraction of sp³-hybridized carbons (Fsp3) is 0.938. The summed E-state index contributed by atoms with van der Waals surface area (Å²) in [6, 6.07) is -0.00348. The highest BCUT2D eigenvalue weighted by Gasteiger charge is 2.36. The molecule has 1 amide bonds. The van der Waals surface area contributed by atoms with Gasteiger partial charge in [0.2, 0.25) is 5.91 Å². The van der Waals surface area contributed by atoms with E-state index in [9.17, 15) is 4.79 Å². The van der Waals surface area contributed by atoms with Crippen molar-refractivity contribution in [2.24, 2.45) is 11.8 Å². The van der Waals surface area contributed by atoms with Crippen LogP contribution >= 0.6 is 0 Å². The second kappa shape index (κ2) is 6.90. The largest absolute Gasteiger partial charge is 0.326 e. The molecule has 0 aliphatic carbocycles. The predicted octanol–water partition coefficient (Wildman–Crippen LogP) is 1.91. The van der Waals surface area contributed by atoms with Gasteiger partial charge >= 0.3 is 0 Å². The van der Waals surface area contributed by atoms with Gasteiger partial charge in [0.1, 0.15) is 0 Å². The van der Waals surface area contributed by atoms with E-state index in [1.54, 1.807) is 0 Å². The van der Waals surface area contributed by atoms with Crippen molar-refractivity contribution in [3.05, 3.63) is 0 Å². The molecule has 0 aromatic carbocycles. The van der Waals surface area contributed by atoms with Crippen LogP contribution in [0.2, 0.25) is 0 Å². The number of rotatable bonds is 5. The summed E-state index contributed by atoms with van der Waals surface area (Å²) in [5.41, 5.74) is 0. The maximum atomic E-state index is 12.3. The third-order valence-electron chi connectivity index (χ3n) is 4.78. The van der Waals surface area contributed by atoms with Crippen LogP contribution in [0, 0.1) is 11.8 Å². The van der Waals surface area contributed by atoms with E-state index in [2.05, 4.69) is 36.0 Å². The lowest BCUT2D eigenvalue weighted by atomic mass is 9.93. The Labute approximate surface area is 123 Å². The monoisotopic (exact) mass is 281 g/mol. The van der Waals surface area contributed by atoms with Gasteiger partial charge in [0.05, 0.1) is 12.2 Å². The number of nitrogens with zero attached hydrogens (tertiary/aromatic N) is 2. The SMILES string of the molecule is CC(C)CC1NC(C)C(=O)N1CCC1CCN(C)CC1. The number of likely N-dealkylation sites (tertiary alicyclic amines) is 1. The maximum absolute atomic E-state index is 12.3. The van der Waals surface area contributed by atoms with Gasteiger partial charge in [-0.15, -0.1) is 0 Å². The Morgan fingerprint density at radius 3 is 2.55 bits per heavy atom. The minimum atomic E-state index is -0.00348. The summed E-state index contributed by atoms with van der Waals surface area (Å²) in [4.78, 5) is 16.8. The van der Waals surface area contributed by atoms with Crippen molar-refractivity contribution in [2.75, 3.05) is 26.7 Å². The molecule has 2 fully saturated rings. The average Bonchev–Trinajstić information content (AvgIpc) is 2.64. The first-order chi connectivity index (χ1) is 9.47. The Balaban J connectivity index is 1.84. The van der Waals surface area contributed by atoms with E-state index in [0.29, 0.717) is 11.8 Å². The first-order valence-corrected chi connectivity index (χ1v) is 8.22. The van der Waals surface area contributed by atoms with Crippen molar-refractivity contribution in [3.63, 3.8) is 0 Å². The number of hydrogen-bond acceptors (Lipinski definition) is 3. The van der Waals surface area contributed by atoms with Gasteiger partial charge in [-0.3, -0.25) is 10.1 Å². The van der Waals surface area contributed by atoms with Crippen LogP contribution in [-0.2, 0) is 4.79 Å². The molecule has 2 heterocycles. The Kier molecular flexibility index (Phi) is 5.44. The van der Waals surface area contributed by atoms with Gasteiger partial charge < -0.3 is 9.80 Å². The highest BCUT2D eigenvalue weighted by atomic mass is 16.2. The summed E-state index contributed by atoms with van der Waals surface area (Å²) in [7, 11) is 2.20. The predicted molar refractivity (Wildman–Crippen MR) is 82.4 cm³/mol. The van der Waals surface area contributed by atoms with Gasteiger partial charge in [0.25, 0.3) is 0 Å². The van der Waals surface area contributed by atoms with Crippen molar-refractivity contribution in [1.29, 1.82) is 0 Å². The molecule has 2 saturated heterocycles. The van der Waals surface area contributed by atoms with Gasteiger partial charge in [0, 0.05) is 6.54 Å². The van der Waals surface area contributed by atoms with E-state index in [4.69, 9.17) is 0 Å². The Bertz CT molecular complexity index is 324.